The topological polar surface area (TPSA) is 38.9 Å². The summed E-state index contributed by atoms with van der Waals surface area (Å²) in [6, 6.07) is 0. The summed E-state index contributed by atoms with van der Waals surface area (Å²) in [6.07, 6.45) is 2.63. The van der Waals surface area contributed by atoms with Crippen LogP contribution in [-0.4, -0.2) is 4.98 Å². The van der Waals surface area contributed by atoms with Gasteiger partial charge in [0.2, 0.25) is 0 Å². The van der Waals surface area contributed by atoms with E-state index in [2.05, 4.69) is 11.9 Å². The van der Waals surface area contributed by atoms with Gasteiger partial charge in [-0.2, -0.15) is 0 Å². The molecular weight excluding hydrogens is 156 g/mol. The fraction of sp³-hybridized carbons (Fsp3) is 0.625. The van der Waals surface area contributed by atoms with Crippen LogP contribution in [0, 0.1) is 6.92 Å². The molecule has 0 atom stereocenters. The van der Waals surface area contributed by atoms with Gasteiger partial charge < -0.3 is 5.73 Å². The molecule has 1 heterocycles. The number of rotatable bonds is 2. The molecule has 1 saturated carbocycles. The Hall–Kier alpha value is -0.410. The minimum atomic E-state index is 0.664. The average Bonchev–Trinajstić information content (AvgIpc) is 2.75. The summed E-state index contributed by atoms with van der Waals surface area (Å²) in [7, 11) is 0. The minimum Gasteiger partial charge on any atom is -0.326 e. The molecule has 2 rings (SSSR count). The van der Waals surface area contributed by atoms with Crippen LogP contribution in [0.5, 0.6) is 0 Å². The lowest BCUT2D eigenvalue weighted by atomic mass is 10.2. The molecule has 0 saturated heterocycles. The number of aromatic nitrogens is 1. The minimum absolute atomic E-state index is 0.664. The fourth-order valence-electron chi connectivity index (χ4n) is 1.31. The Labute approximate surface area is 70.5 Å². The van der Waals surface area contributed by atoms with E-state index in [0.717, 1.165) is 10.9 Å². The van der Waals surface area contributed by atoms with Crippen LogP contribution in [0.25, 0.3) is 0 Å². The monoisotopic (exact) mass is 168 g/mol. The summed E-state index contributed by atoms with van der Waals surface area (Å²) >= 11 is 1.75. The molecule has 0 aromatic carbocycles. The first-order chi connectivity index (χ1) is 5.31. The van der Waals surface area contributed by atoms with E-state index in [9.17, 15) is 0 Å². The van der Waals surface area contributed by atoms with Crippen molar-refractivity contribution in [1.82, 2.24) is 4.98 Å². The summed E-state index contributed by atoms with van der Waals surface area (Å²) in [4.78, 5) is 5.78. The van der Waals surface area contributed by atoms with Gasteiger partial charge in [0.15, 0.2) is 0 Å². The van der Waals surface area contributed by atoms with Crippen molar-refractivity contribution in [3.8, 4) is 0 Å². The molecule has 0 unspecified atom stereocenters. The normalized spacial score (nSPS) is 17.3. The Kier molecular flexibility index (Phi) is 1.69. The maximum atomic E-state index is 5.60. The molecule has 0 aliphatic heterocycles. The zero-order chi connectivity index (χ0) is 7.84. The van der Waals surface area contributed by atoms with Gasteiger partial charge in [-0.25, -0.2) is 4.98 Å². The molecular formula is C8H12N2S. The predicted molar refractivity (Wildman–Crippen MR) is 46.7 cm³/mol. The van der Waals surface area contributed by atoms with Gasteiger partial charge in [-0.05, 0) is 19.8 Å². The highest BCUT2D eigenvalue weighted by Gasteiger charge is 2.28. The van der Waals surface area contributed by atoms with Crippen molar-refractivity contribution >= 4 is 11.3 Å². The molecule has 0 amide bonds. The fourth-order valence-corrected chi connectivity index (χ4v) is 2.21. The number of thiazole rings is 1. The van der Waals surface area contributed by atoms with Gasteiger partial charge in [-0.1, -0.05) is 0 Å². The summed E-state index contributed by atoms with van der Waals surface area (Å²) in [5.74, 6) is 0.749. The molecule has 1 fully saturated rings. The third-order valence-electron chi connectivity index (χ3n) is 1.98. The van der Waals surface area contributed by atoms with E-state index in [-0.39, 0.29) is 0 Å². The molecule has 3 heteroatoms. The van der Waals surface area contributed by atoms with E-state index in [4.69, 9.17) is 5.73 Å². The van der Waals surface area contributed by atoms with Crippen molar-refractivity contribution in [2.24, 2.45) is 5.73 Å². The van der Waals surface area contributed by atoms with Crippen LogP contribution in [0.3, 0.4) is 0 Å². The first-order valence-corrected chi connectivity index (χ1v) is 4.79. The highest BCUT2D eigenvalue weighted by atomic mass is 32.1. The van der Waals surface area contributed by atoms with E-state index in [1.54, 1.807) is 11.3 Å². The quantitative estimate of drug-likeness (QED) is 0.731. The lowest BCUT2D eigenvalue weighted by Crippen LogP contribution is -1.96. The van der Waals surface area contributed by atoms with E-state index >= 15 is 0 Å². The summed E-state index contributed by atoms with van der Waals surface area (Å²) < 4.78 is 0. The molecule has 0 bridgehead atoms. The molecule has 1 aliphatic carbocycles. The van der Waals surface area contributed by atoms with E-state index in [1.807, 2.05) is 0 Å². The van der Waals surface area contributed by atoms with Crippen molar-refractivity contribution < 1.29 is 0 Å². The maximum Gasteiger partial charge on any atom is 0.0900 e. The van der Waals surface area contributed by atoms with Crippen LogP contribution in [0.1, 0.15) is 34.3 Å². The predicted octanol–water partition coefficient (Wildman–Crippen LogP) is 1.79. The lowest BCUT2D eigenvalue weighted by Gasteiger charge is -1.93. The van der Waals surface area contributed by atoms with E-state index in [1.165, 1.54) is 23.4 Å². The molecule has 60 valence electrons. The Morgan fingerprint density at radius 1 is 1.64 bits per heavy atom. The lowest BCUT2D eigenvalue weighted by molar-refractivity contribution is 0.970. The summed E-state index contributed by atoms with van der Waals surface area (Å²) in [5, 5.41) is 1.16. The maximum absolute atomic E-state index is 5.60. The van der Waals surface area contributed by atoms with Crippen LogP contribution in [-0.2, 0) is 6.54 Å². The largest absolute Gasteiger partial charge is 0.326 e. The van der Waals surface area contributed by atoms with Crippen LogP contribution in [0.2, 0.25) is 0 Å². The van der Waals surface area contributed by atoms with Crippen molar-refractivity contribution in [3.05, 3.63) is 15.6 Å². The molecule has 1 aromatic heterocycles. The van der Waals surface area contributed by atoms with Crippen molar-refractivity contribution in [2.45, 2.75) is 32.2 Å². The van der Waals surface area contributed by atoms with Crippen LogP contribution in [0.15, 0.2) is 0 Å². The van der Waals surface area contributed by atoms with Crippen LogP contribution in [0.4, 0.5) is 0 Å². The molecule has 0 spiro atoms. The zero-order valence-corrected chi connectivity index (χ0v) is 7.45. The number of hydrogen-bond donors (Lipinski definition) is 1. The smallest absolute Gasteiger partial charge is 0.0900 e. The standard InChI is InChI=1S/C8H12N2S/c1-5-10-8(6-2-3-6)7(4-9)11-5/h6H,2-4,9H2,1H3. The first kappa shape index (κ1) is 7.25. The van der Waals surface area contributed by atoms with Gasteiger partial charge in [0.1, 0.15) is 0 Å². The van der Waals surface area contributed by atoms with Gasteiger partial charge in [0.25, 0.3) is 0 Å². The van der Waals surface area contributed by atoms with Gasteiger partial charge in [-0.3, -0.25) is 0 Å². The molecule has 2 nitrogen and oxygen atoms in total. The van der Waals surface area contributed by atoms with Gasteiger partial charge in [0.05, 0.1) is 10.7 Å². The molecule has 11 heavy (non-hydrogen) atoms. The number of nitrogens with two attached hydrogens (primary N) is 1. The molecule has 2 N–H and O–H groups in total. The van der Waals surface area contributed by atoms with Gasteiger partial charge in [-0.15, -0.1) is 11.3 Å². The average molecular weight is 168 g/mol. The molecule has 0 radical (unpaired) electrons. The van der Waals surface area contributed by atoms with Crippen LogP contribution >= 0.6 is 11.3 Å². The Morgan fingerprint density at radius 3 is 2.91 bits per heavy atom. The van der Waals surface area contributed by atoms with E-state index < -0.39 is 0 Å². The van der Waals surface area contributed by atoms with Gasteiger partial charge >= 0.3 is 0 Å². The van der Waals surface area contributed by atoms with Crippen LogP contribution < -0.4 is 5.73 Å². The van der Waals surface area contributed by atoms with Crippen molar-refractivity contribution in [2.75, 3.05) is 0 Å². The highest BCUT2D eigenvalue weighted by Crippen LogP contribution is 2.42. The Balaban J connectivity index is 2.34. The second-order valence-electron chi connectivity index (χ2n) is 3.02. The summed E-state index contributed by atoms with van der Waals surface area (Å²) in [6.45, 7) is 2.72. The highest BCUT2D eigenvalue weighted by molar-refractivity contribution is 7.11. The Bertz CT molecular complexity index is 263. The van der Waals surface area contributed by atoms with Gasteiger partial charge in [0, 0.05) is 17.3 Å². The second kappa shape index (κ2) is 2.57. The number of nitrogens with zero attached hydrogens (tertiary/aromatic N) is 1. The number of aryl methyl sites for hydroxylation is 1. The van der Waals surface area contributed by atoms with Crippen molar-refractivity contribution in [1.29, 1.82) is 0 Å². The molecule has 1 aromatic rings. The first-order valence-electron chi connectivity index (χ1n) is 3.97. The third-order valence-corrected chi connectivity index (χ3v) is 2.99. The van der Waals surface area contributed by atoms with E-state index in [0.29, 0.717) is 6.54 Å². The second-order valence-corrected chi connectivity index (χ2v) is 4.31. The summed E-state index contributed by atoms with van der Waals surface area (Å²) in [5.41, 5.74) is 6.89. The number of hydrogen-bond acceptors (Lipinski definition) is 3. The Morgan fingerprint density at radius 2 is 2.36 bits per heavy atom. The third kappa shape index (κ3) is 1.30. The zero-order valence-electron chi connectivity index (χ0n) is 6.63. The van der Waals surface area contributed by atoms with Crippen molar-refractivity contribution in [3.63, 3.8) is 0 Å². The SMILES string of the molecule is Cc1nc(C2CC2)c(CN)s1. The molecule has 1 aliphatic rings.